The lowest BCUT2D eigenvalue weighted by Gasteiger charge is -2.16. The highest BCUT2D eigenvalue weighted by Crippen LogP contribution is 2.28. The molecular formula is C26H29NO4. The number of hydrogen-bond donors (Lipinski definition) is 1. The number of methoxy groups -OCH3 is 2. The molecule has 0 fully saturated rings. The van der Waals surface area contributed by atoms with Gasteiger partial charge in [0.2, 0.25) is 0 Å². The molecule has 162 valence electrons. The number of rotatable bonds is 9. The quantitative estimate of drug-likeness (QED) is 0.509. The summed E-state index contributed by atoms with van der Waals surface area (Å²) >= 11 is 0. The molecule has 0 aliphatic rings. The Morgan fingerprint density at radius 3 is 2.19 bits per heavy atom. The van der Waals surface area contributed by atoms with Crippen molar-refractivity contribution < 1.29 is 19.0 Å². The summed E-state index contributed by atoms with van der Waals surface area (Å²) in [5, 5.41) is 2.95. The van der Waals surface area contributed by atoms with Gasteiger partial charge in [-0.25, -0.2) is 0 Å². The molecule has 3 aromatic rings. The molecule has 3 aromatic carbocycles. The van der Waals surface area contributed by atoms with E-state index < -0.39 is 0 Å². The normalized spacial score (nSPS) is 10.6. The molecule has 5 nitrogen and oxygen atoms in total. The largest absolute Gasteiger partial charge is 0.496 e. The molecule has 0 aromatic heterocycles. The Labute approximate surface area is 184 Å². The van der Waals surface area contributed by atoms with Crippen molar-refractivity contribution in [2.45, 2.75) is 32.9 Å². The Kier molecular flexibility index (Phi) is 7.55. The third-order valence-electron chi connectivity index (χ3n) is 5.10. The number of ether oxygens (including phenoxy) is 3. The lowest BCUT2D eigenvalue weighted by Crippen LogP contribution is -2.23. The summed E-state index contributed by atoms with van der Waals surface area (Å²) in [5.41, 5.74) is 3.42. The van der Waals surface area contributed by atoms with Crippen molar-refractivity contribution in [3.63, 3.8) is 0 Å². The second kappa shape index (κ2) is 10.5. The lowest BCUT2D eigenvalue weighted by molar-refractivity contribution is 0.0950. The molecule has 0 aliphatic heterocycles. The molecule has 5 heteroatoms. The Hall–Kier alpha value is -3.47. The van der Waals surface area contributed by atoms with E-state index in [1.54, 1.807) is 26.4 Å². The standard InChI is InChI=1S/C26H29NO4/c1-18(2)22-10-6-8-12-25(22)31-17-21-15-19(13-14-24(21)30-4)26(28)27-16-20-9-5-7-11-23(20)29-3/h5-15,18H,16-17H2,1-4H3,(H,27,28). The van der Waals surface area contributed by atoms with Gasteiger partial charge in [-0.15, -0.1) is 0 Å². The van der Waals surface area contributed by atoms with Gasteiger partial charge in [0.1, 0.15) is 23.9 Å². The number of hydrogen-bond acceptors (Lipinski definition) is 4. The van der Waals surface area contributed by atoms with Gasteiger partial charge in [0.25, 0.3) is 5.91 Å². The third kappa shape index (κ3) is 5.57. The Balaban J connectivity index is 1.73. The van der Waals surface area contributed by atoms with Gasteiger partial charge in [0.05, 0.1) is 14.2 Å². The number of carbonyl (C=O) groups excluding carboxylic acids is 1. The summed E-state index contributed by atoms with van der Waals surface area (Å²) in [7, 11) is 3.23. The van der Waals surface area contributed by atoms with E-state index in [4.69, 9.17) is 14.2 Å². The summed E-state index contributed by atoms with van der Waals surface area (Å²) in [6.45, 7) is 4.95. The summed E-state index contributed by atoms with van der Waals surface area (Å²) in [6.07, 6.45) is 0. The minimum absolute atomic E-state index is 0.169. The highest BCUT2D eigenvalue weighted by Gasteiger charge is 2.13. The van der Waals surface area contributed by atoms with Gasteiger partial charge in [-0.1, -0.05) is 50.2 Å². The van der Waals surface area contributed by atoms with Gasteiger partial charge in [0.15, 0.2) is 0 Å². The Morgan fingerprint density at radius 1 is 0.839 bits per heavy atom. The van der Waals surface area contributed by atoms with Crippen molar-refractivity contribution in [1.82, 2.24) is 5.32 Å². The van der Waals surface area contributed by atoms with Crippen LogP contribution in [0.1, 0.15) is 46.8 Å². The fourth-order valence-electron chi connectivity index (χ4n) is 3.40. The van der Waals surface area contributed by atoms with Crippen LogP contribution in [0.4, 0.5) is 0 Å². The van der Waals surface area contributed by atoms with Gasteiger partial charge in [-0.05, 0) is 41.8 Å². The van der Waals surface area contributed by atoms with Crippen LogP contribution < -0.4 is 19.5 Å². The van der Waals surface area contributed by atoms with E-state index in [-0.39, 0.29) is 5.91 Å². The van der Waals surface area contributed by atoms with E-state index in [2.05, 4.69) is 25.2 Å². The zero-order chi connectivity index (χ0) is 22.2. The topological polar surface area (TPSA) is 56.8 Å². The van der Waals surface area contributed by atoms with E-state index in [0.29, 0.717) is 30.4 Å². The smallest absolute Gasteiger partial charge is 0.251 e. The average Bonchev–Trinajstić information content (AvgIpc) is 2.81. The van der Waals surface area contributed by atoms with Crippen LogP contribution in [0.3, 0.4) is 0 Å². The predicted octanol–water partition coefficient (Wildman–Crippen LogP) is 5.34. The Morgan fingerprint density at radius 2 is 1.48 bits per heavy atom. The average molecular weight is 420 g/mol. The molecule has 0 saturated carbocycles. The number of amides is 1. The van der Waals surface area contributed by atoms with E-state index >= 15 is 0 Å². The highest BCUT2D eigenvalue weighted by molar-refractivity contribution is 5.94. The van der Waals surface area contributed by atoms with Crippen molar-refractivity contribution in [1.29, 1.82) is 0 Å². The molecule has 0 atom stereocenters. The van der Waals surface area contributed by atoms with Crippen LogP contribution in [-0.4, -0.2) is 20.1 Å². The number of benzene rings is 3. The molecule has 0 unspecified atom stereocenters. The lowest BCUT2D eigenvalue weighted by atomic mass is 10.0. The molecule has 0 radical (unpaired) electrons. The number of nitrogens with one attached hydrogen (secondary N) is 1. The first-order valence-electron chi connectivity index (χ1n) is 10.3. The maximum absolute atomic E-state index is 12.8. The van der Waals surface area contributed by atoms with Crippen molar-refractivity contribution in [2.75, 3.05) is 14.2 Å². The molecule has 0 heterocycles. The first-order chi connectivity index (χ1) is 15.0. The predicted molar refractivity (Wildman–Crippen MR) is 122 cm³/mol. The molecule has 31 heavy (non-hydrogen) atoms. The van der Waals surface area contributed by atoms with Crippen LogP contribution in [0.2, 0.25) is 0 Å². The summed E-state index contributed by atoms with van der Waals surface area (Å²) in [4.78, 5) is 12.8. The van der Waals surface area contributed by atoms with Gasteiger partial charge in [-0.3, -0.25) is 4.79 Å². The van der Waals surface area contributed by atoms with Crippen LogP contribution >= 0.6 is 0 Å². The van der Waals surface area contributed by atoms with Crippen molar-refractivity contribution >= 4 is 5.91 Å². The fourth-order valence-corrected chi connectivity index (χ4v) is 3.40. The van der Waals surface area contributed by atoms with Crippen LogP contribution in [0.5, 0.6) is 17.2 Å². The Bertz CT molecular complexity index is 1030. The van der Waals surface area contributed by atoms with Gasteiger partial charge < -0.3 is 19.5 Å². The second-order valence-corrected chi connectivity index (χ2v) is 7.50. The van der Waals surface area contributed by atoms with Gasteiger partial charge in [0, 0.05) is 23.2 Å². The van der Waals surface area contributed by atoms with Crippen molar-refractivity contribution in [3.05, 3.63) is 89.0 Å². The molecule has 0 saturated heterocycles. The summed E-state index contributed by atoms with van der Waals surface area (Å²) < 4.78 is 16.9. The fraction of sp³-hybridized carbons (Fsp3) is 0.269. The van der Waals surface area contributed by atoms with Gasteiger partial charge in [-0.2, -0.15) is 0 Å². The maximum atomic E-state index is 12.8. The maximum Gasteiger partial charge on any atom is 0.251 e. The molecule has 3 rings (SSSR count). The molecule has 0 aliphatic carbocycles. The zero-order valence-electron chi connectivity index (χ0n) is 18.5. The number of carbonyl (C=O) groups is 1. The number of para-hydroxylation sites is 2. The first kappa shape index (κ1) is 22.2. The van der Waals surface area contributed by atoms with Crippen LogP contribution in [0.15, 0.2) is 66.7 Å². The third-order valence-corrected chi connectivity index (χ3v) is 5.10. The SMILES string of the molecule is COc1ccccc1CNC(=O)c1ccc(OC)c(COc2ccccc2C(C)C)c1. The van der Waals surface area contributed by atoms with E-state index in [9.17, 15) is 4.79 Å². The molecule has 1 N–H and O–H groups in total. The van der Waals surface area contributed by atoms with E-state index in [1.807, 2.05) is 48.5 Å². The minimum atomic E-state index is -0.169. The molecular weight excluding hydrogens is 390 g/mol. The monoisotopic (exact) mass is 419 g/mol. The first-order valence-corrected chi connectivity index (χ1v) is 10.3. The second-order valence-electron chi connectivity index (χ2n) is 7.50. The van der Waals surface area contributed by atoms with Crippen LogP contribution in [0, 0.1) is 0 Å². The molecule has 1 amide bonds. The van der Waals surface area contributed by atoms with Crippen LogP contribution in [0.25, 0.3) is 0 Å². The van der Waals surface area contributed by atoms with Crippen LogP contribution in [-0.2, 0) is 13.2 Å². The summed E-state index contributed by atoms with van der Waals surface area (Å²) in [6, 6.07) is 21.0. The van der Waals surface area contributed by atoms with Crippen molar-refractivity contribution in [2.24, 2.45) is 0 Å². The van der Waals surface area contributed by atoms with E-state index in [1.165, 1.54) is 0 Å². The molecule has 0 bridgehead atoms. The van der Waals surface area contributed by atoms with Gasteiger partial charge >= 0.3 is 0 Å². The zero-order valence-corrected chi connectivity index (χ0v) is 18.5. The summed E-state index contributed by atoms with van der Waals surface area (Å²) in [5.74, 6) is 2.45. The van der Waals surface area contributed by atoms with Crippen molar-refractivity contribution in [3.8, 4) is 17.2 Å². The minimum Gasteiger partial charge on any atom is -0.496 e. The highest BCUT2D eigenvalue weighted by atomic mass is 16.5. The molecule has 0 spiro atoms. The van der Waals surface area contributed by atoms with E-state index in [0.717, 1.165) is 28.2 Å².